The largest absolute Gasteiger partial charge is 0.467 e. The molecule has 0 radical (unpaired) electrons. The van der Waals surface area contributed by atoms with E-state index in [2.05, 4.69) is 5.32 Å². The number of carbonyl (C=O) groups excluding carboxylic acids is 2. The van der Waals surface area contributed by atoms with E-state index in [1.807, 2.05) is 6.07 Å². The van der Waals surface area contributed by atoms with Crippen LogP contribution in [-0.4, -0.2) is 56.2 Å². The van der Waals surface area contributed by atoms with Crippen LogP contribution in [0.15, 0.2) is 6.07 Å². The number of methoxy groups -OCH3 is 1. The van der Waals surface area contributed by atoms with Crippen molar-refractivity contribution in [3.63, 3.8) is 0 Å². The lowest BCUT2D eigenvalue weighted by Gasteiger charge is -2.40. The van der Waals surface area contributed by atoms with Crippen LogP contribution in [0.5, 0.6) is 0 Å². The zero-order valence-corrected chi connectivity index (χ0v) is 15.3. The summed E-state index contributed by atoms with van der Waals surface area (Å²) in [7, 11) is 1.38. The van der Waals surface area contributed by atoms with Crippen LogP contribution in [0, 0.1) is 0 Å². The minimum absolute atomic E-state index is 0.0450. The van der Waals surface area contributed by atoms with Gasteiger partial charge in [0.05, 0.1) is 18.6 Å². The number of rotatable bonds is 2. The summed E-state index contributed by atoms with van der Waals surface area (Å²) in [6.45, 7) is 3.22. The maximum absolute atomic E-state index is 13.0. The second-order valence-corrected chi connectivity index (χ2v) is 8.04. The number of nitrogens with one attached hydrogen (secondary N) is 1. The molecule has 25 heavy (non-hydrogen) atoms. The summed E-state index contributed by atoms with van der Waals surface area (Å²) in [5, 5.41) is 3.38. The fraction of sp³-hybridized carbons (Fsp3) is 0.667. The van der Waals surface area contributed by atoms with Crippen LogP contribution < -0.4 is 5.32 Å². The number of ether oxygens (including phenoxy) is 2. The molecule has 1 spiro atoms. The Morgan fingerprint density at radius 2 is 2.20 bits per heavy atom. The molecule has 3 aliphatic heterocycles. The molecule has 2 fully saturated rings. The predicted molar refractivity (Wildman–Crippen MR) is 93.8 cm³/mol. The van der Waals surface area contributed by atoms with Gasteiger partial charge in [-0.2, -0.15) is 0 Å². The van der Waals surface area contributed by atoms with Crippen molar-refractivity contribution in [3.8, 4) is 0 Å². The third kappa shape index (κ3) is 2.88. The Kier molecular flexibility index (Phi) is 4.56. The van der Waals surface area contributed by atoms with E-state index in [4.69, 9.17) is 9.47 Å². The molecule has 0 bridgehead atoms. The van der Waals surface area contributed by atoms with Crippen molar-refractivity contribution in [1.29, 1.82) is 0 Å². The number of amides is 1. The summed E-state index contributed by atoms with van der Waals surface area (Å²) >= 11 is 1.56. The zero-order chi connectivity index (χ0) is 17.4. The molecule has 1 N–H and O–H groups in total. The number of likely N-dealkylation sites (tertiary alicyclic amines) is 1. The fourth-order valence-corrected chi connectivity index (χ4v) is 5.63. The van der Waals surface area contributed by atoms with E-state index >= 15 is 0 Å². The van der Waals surface area contributed by atoms with Gasteiger partial charge in [-0.3, -0.25) is 4.79 Å². The Morgan fingerprint density at radius 1 is 1.40 bits per heavy atom. The first-order chi connectivity index (χ1) is 12.1. The Morgan fingerprint density at radius 3 is 2.96 bits per heavy atom. The lowest BCUT2D eigenvalue weighted by molar-refractivity contribution is -0.145. The van der Waals surface area contributed by atoms with Gasteiger partial charge < -0.3 is 19.7 Å². The number of nitrogens with zero attached hydrogens (tertiary/aromatic N) is 1. The van der Waals surface area contributed by atoms with Gasteiger partial charge in [0.2, 0.25) is 0 Å². The number of carbonyl (C=O) groups is 2. The molecule has 2 saturated heterocycles. The molecule has 0 unspecified atom stereocenters. The summed E-state index contributed by atoms with van der Waals surface area (Å²) in [5.41, 5.74) is 1.02. The number of thiophene rings is 1. The van der Waals surface area contributed by atoms with Crippen molar-refractivity contribution in [2.24, 2.45) is 0 Å². The molecule has 7 heteroatoms. The molecule has 4 heterocycles. The maximum Gasteiger partial charge on any atom is 0.328 e. The van der Waals surface area contributed by atoms with Crippen molar-refractivity contribution in [2.75, 3.05) is 33.4 Å². The molecule has 136 valence electrons. The Labute approximate surface area is 151 Å². The molecule has 1 amide bonds. The molecular formula is C18H24N2O4S. The van der Waals surface area contributed by atoms with Gasteiger partial charge in [-0.1, -0.05) is 0 Å². The highest BCUT2D eigenvalue weighted by atomic mass is 32.1. The number of piperidine rings is 1. The minimum Gasteiger partial charge on any atom is -0.467 e. The fourth-order valence-electron chi connectivity index (χ4n) is 4.26. The van der Waals surface area contributed by atoms with Gasteiger partial charge in [0.1, 0.15) is 11.6 Å². The molecule has 3 aliphatic rings. The standard InChI is InChI=1S/C18H24N2O4S/c1-23-17(22)13-3-2-9-20(13)16(21)14-11-12-4-10-24-18(15(12)25-14)5-7-19-8-6-18/h11,13,19H,2-10H2,1H3/t13-/m1/s1. The van der Waals surface area contributed by atoms with E-state index < -0.39 is 6.04 Å². The highest BCUT2D eigenvalue weighted by molar-refractivity contribution is 7.14. The van der Waals surface area contributed by atoms with Crippen LogP contribution in [-0.2, 0) is 26.3 Å². The van der Waals surface area contributed by atoms with Crippen LogP contribution in [0.1, 0.15) is 45.8 Å². The summed E-state index contributed by atoms with van der Waals surface area (Å²) in [6.07, 6.45) is 4.28. The minimum atomic E-state index is -0.444. The number of fused-ring (bicyclic) bond motifs is 2. The Balaban J connectivity index is 1.62. The topological polar surface area (TPSA) is 67.9 Å². The van der Waals surface area contributed by atoms with Gasteiger partial charge in [0, 0.05) is 11.4 Å². The lowest BCUT2D eigenvalue weighted by Crippen LogP contribution is -2.44. The quantitative estimate of drug-likeness (QED) is 0.809. The van der Waals surface area contributed by atoms with E-state index in [1.54, 1.807) is 16.2 Å². The van der Waals surface area contributed by atoms with E-state index in [0.717, 1.165) is 43.6 Å². The number of esters is 1. The van der Waals surface area contributed by atoms with Gasteiger partial charge in [0.15, 0.2) is 0 Å². The molecule has 0 aromatic carbocycles. The van der Waals surface area contributed by atoms with Crippen molar-refractivity contribution >= 4 is 23.2 Å². The highest BCUT2D eigenvalue weighted by Crippen LogP contribution is 2.44. The lowest BCUT2D eigenvalue weighted by atomic mass is 9.86. The van der Waals surface area contributed by atoms with Crippen molar-refractivity contribution < 1.29 is 19.1 Å². The van der Waals surface area contributed by atoms with Crippen molar-refractivity contribution in [2.45, 2.75) is 43.7 Å². The zero-order valence-electron chi connectivity index (χ0n) is 14.5. The van der Waals surface area contributed by atoms with Crippen LogP contribution in [0.2, 0.25) is 0 Å². The van der Waals surface area contributed by atoms with E-state index in [0.29, 0.717) is 19.6 Å². The van der Waals surface area contributed by atoms with Gasteiger partial charge >= 0.3 is 5.97 Å². The molecule has 0 aliphatic carbocycles. The molecule has 1 aromatic heterocycles. The third-order valence-electron chi connectivity index (χ3n) is 5.58. The van der Waals surface area contributed by atoms with Gasteiger partial charge in [-0.25, -0.2) is 4.79 Å². The normalized spacial score (nSPS) is 25.0. The molecular weight excluding hydrogens is 340 g/mol. The van der Waals surface area contributed by atoms with Crippen LogP contribution >= 0.6 is 11.3 Å². The van der Waals surface area contributed by atoms with E-state index in [-0.39, 0.29) is 17.5 Å². The first kappa shape index (κ1) is 17.0. The van der Waals surface area contributed by atoms with E-state index in [1.165, 1.54) is 17.6 Å². The average Bonchev–Trinajstić information content (AvgIpc) is 3.29. The number of hydrogen-bond acceptors (Lipinski definition) is 6. The maximum atomic E-state index is 13.0. The third-order valence-corrected chi connectivity index (χ3v) is 6.93. The SMILES string of the molecule is COC(=O)[C@H]1CCCN1C(=O)c1cc2c(s1)C1(CCNCC1)OCC2. The molecule has 0 saturated carbocycles. The highest BCUT2D eigenvalue weighted by Gasteiger charge is 2.42. The first-order valence-electron chi connectivity index (χ1n) is 9.01. The second kappa shape index (κ2) is 6.70. The predicted octanol–water partition coefficient (Wildman–Crippen LogP) is 1.68. The molecule has 6 nitrogen and oxygen atoms in total. The smallest absolute Gasteiger partial charge is 0.328 e. The Bertz CT molecular complexity index is 681. The molecule has 1 aromatic rings. The van der Waals surface area contributed by atoms with E-state index in [9.17, 15) is 9.59 Å². The first-order valence-corrected chi connectivity index (χ1v) is 9.83. The average molecular weight is 364 g/mol. The monoisotopic (exact) mass is 364 g/mol. The summed E-state index contributed by atoms with van der Waals surface area (Å²) in [6, 6.07) is 1.59. The molecule has 4 rings (SSSR count). The Hall–Kier alpha value is -1.44. The van der Waals surface area contributed by atoms with Crippen LogP contribution in [0.4, 0.5) is 0 Å². The second-order valence-electron chi connectivity index (χ2n) is 6.99. The van der Waals surface area contributed by atoms with Crippen LogP contribution in [0.25, 0.3) is 0 Å². The summed E-state index contributed by atoms with van der Waals surface area (Å²) in [5.74, 6) is -0.360. The van der Waals surface area contributed by atoms with Gasteiger partial charge in [0.25, 0.3) is 5.91 Å². The van der Waals surface area contributed by atoms with Crippen molar-refractivity contribution in [1.82, 2.24) is 10.2 Å². The number of hydrogen-bond donors (Lipinski definition) is 1. The van der Waals surface area contributed by atoms with Crippen LogP contribution in [0.3, 0.4) is 0 Å². The van der Waals surface area contributed by atoms with Gasteiger partial charge in [-0.15, -0.1) is 11.3 Å². The van der Waals surface area contributed by atoms with Crippen molar-refractivity contribution in [3.05, 3.63) is 21.4 Å². The summed E-state index contributed by atoms with van der Waals surface area (Å²) < 4.78 is 11.1. The summed E-state index contributed by atoms with van der Waals surface area (Å²) in [4.78, 5) is 28.6. The molecule has 1 atom stereocenters. The van der Waals surface area contributed by atoms with Gasteiger partial charge in [-0.05, 0) is 56.8 Å².